The first-order valence-electron chi connectivity index (χ1n) is 11.4. The molecule has 3 nitrogen and oxygen atoms in total. The summed E-state index contributed by atoms with van der Waals surface area (Å²) in [6.45, 7) is 3.37. The van der Waals surface area contributed by atoms with E-state index in [0.717, 1.165) is 43.5 Å². The van der Waals surface area contributed by atoms with Crippen molar-refractivity contribution in [3.8, 4) is 0 Å². The van der Waals surface area contributed by atoms with E-state index < -0.39 is 5.60 Å². The van der Waals surface area contributed by atoms with Gasteiger partial charge in [0.15, 0.2) is 0 Å². The summed E-state index contributed by atoms with van der Waals surface area (Å²) in [5.41, 5.74) is 2.02. The van der Waals surface area contributed by atoms with E-state index in [0.29, 0.717) is 19.3 Å². The van der Waals surface area contributed by atoms with Gasteiger partial charge in [-0.1, -0.05) is 91.0 Å². The summed E-state index contributed by atoms with van der Waals surface area (Å²) in [6.07, 6.45) is 2.95. The molecule has 31 heavy (non-hydrogen) atoms. The van der Waals surface area contributed by atoms with Crippen molar-refractivity contribution in [3.63, 3.8) is 0 Å². The van der Waals surface area contributed by atoms with Gasteiger partial charge >= 0.3 is 0 Å². The molecule has 0 spiro atoms. The maximum absolute atomic E-state index is 12.5. The number of ether oxygens (including phenoxy) is 1. The molecule has 0 amide bonds. The average Bonchev–Trinajstić information content (AvgIpc) is 2.86. The van der Waals surface area contributed by atoms with Gasteiger partial charge in [-0.3, -0.25) is 4.90 Å². The van der Waals surface area contributed by atoms with Gasteiger partial charge in [0.2, 0.25) is 0 Å². The Morgan fingerprint density at radius 3 is 1.87 bits per heavy atom. The predicted octanol–water partition coefficient (Wildman–Crippen LogP) is 4.99. The van der Waals surface area contributed by atoms with E-state index in [9.17, 15) is 5.11 Å². The zero-order valence-electron chi connectivity index (χ0n) is 18.0. The number of fused-ring (bicyclic) bond motifs is 3. The summed E-state index contributed by atoms with van der Waals surface area (Å²) < 4.78 is 6.16. The number of aliphatic hydroxyl groups is 1. The fraction of sp³-hybridized carbons (Fsp3) is 0.357. The molecule has 3 saturated heterocycles. The third-order valence-electron chi connectivity index (χ3n) is 7.47. The number of nitrogens with zero attached hydrogens (tertiary/aromatic N) is 1. The van der Waals surface area contributed by atoms with Crippen LogP contribution in [0.5, 0.6) is 0 Å². The molecule has 0 aliphatic carbocycles. The monoisotopic (exact) mass is 413 g/mol. The molecule has 3 aromatic rings. The molecule has 0 saturated carbocycles. The van der Waals surface area contributed by atoms with Crippen molar-refractivity contribution in [2.45, 2.75) is 37.5 Å². The molecule has 160 valence electrons. The fourth-order valence-corrected chi connectivity index (χ4v) is 5.80. The van der Waals surface area contributed by atoms with Crippen molar-refractivity contribution in [3.05, 3.63) is 108 Å². The SMILES string of the molecule is OC(c1ccccc1)(c1ccccc1)C12CCN(CC1)C(COCc1ccccc1)C2. The van der Waals surface area contributed by atoms with Crippen LogP contribution in [-0.2, 0) is 16.9 Å². The van der Waals surface area contributed by atoms with Crippen LogP contribution in [0.15, 0.2) is 91.0 Å². The van der Waals surface area contributed by atoms with Crippen LogP contribution in [0, 0.1) is 5.41 Å². The van der Waals surface area contributed by atoms with Crippen LogP contribution in [0.4, 0.5) is 0 Å². The first-order valence-corrected chi connectivity index (χ1v) is 11.4. The van der Waals surface area contributed by atoms with Crippen molar-refractivity contribution in [2.24, 2.45) is 5.41 Å². The Labute approximate surface area is 185 Å². The van der Waals surface area contributed by atoms with Crippen LogP contribution in [-0.4, -0.2) is 35.7 Å². The first kappa shape index (κ1) is 20.4. The number of hydrogen-bond donors (Lipinski definition) is 1. The van der Waals surface area contributed by atoms with E-state index in [1.807, 2.05) is 42.5 Å². The molecule has 3 heteroatoms. The van der Waals surface area contributed by atoms with Crippen molar-refractivity contribution in [1.82, 2.24) is 4.90 Å². The van der Waals surface area contributed by atoms with Crippen molar-refractivity contribution < 1.29 is 9.84 Å². The quantitative estimate of drug-likeness (QED) is 0.592. The lowest BCUT2D eigenvalue weighted by Crippen LogP contribution is -2.62. The molecule has 3 aromatic carbocycles. The molecule has 3 heterocycles. The van der Waals surface area contributed by atoms with E-state index in [1.54, 1.807) is 0 Å². The summed E-state index contributed by atoms with van der Waals surface area (Å²) in [5, 5.41) is 12.5. The minimum Gasteiger partial charge on any atom is -0.380 e. The highest BCUT2D eigenvalue weighted by Gasteiger charge is 2.57. The number of rotatable bonds is 7. The summed E-state index contributed by atoms with van der Waals surface area (Å²) in [7, 11) is 0. The summed E-state index contributed by atoms with van der Waals surface area (Å²) >= 11 is 0. The van der Waals surface area contributed by atoms with Gasteiger partial charge in [-0.2, -0.15) is 0 Å². The van der Waals surface area contributed by atoms with Gasteiger partial charge in [-0.05, 0) is 49.0 Å². The molecule has 2 bridgehead atoms. The maximum atomic E-state index is 12.5. The molecule has 3 fully saturated rings. The Morgan fingerprint density at radius 1 is 0.806 bits per heavy atom. The largest absolute Gasteiger partial charge is 0.380 e. The number of piperidine rings is 3. The standard InChI is InChI=1S/C28H31NO2/c30-28(24-12-6-2-7-13-24,25-14-8-3-9-15-25)27-16-18-29(19-17-27)26(20-27)22-31-21-23-10-4-1-5-11-23/h1-15,26,30H,16-22H2. The second-order valence-electron chi connectivity index (χ2n) is 9.12. The normalized spacial score (nSPS) is 25.5. The van der Waals surface area contributed by atoms with E-state index >= 15 is 0 Å². The highest BCUT2D eigenvalue weighted by molar-refractivity contribution is 5.40. The fourth-order valence-electron chi connectivity index (χ4n) is 5.80. The van der Waals surface area contributed by atoms with Crippen molar-refractivity contribution in [1.29, 1.82) is 0 Å². The average molecular weight is 414 g/mol. The topological polar surface area (TPSA) is 32.7 Å². The van der Waals surface area contributed by atoms with Crippen LogP contribution in [0.25, 0.3) is 0 Å². The molecule has 1 N–H and O–H groups in total. The van der Waals surface area contributed by atoms with E-state index in [4.69, 9.17) is 4.74 Å². The van der Waals surface area contributed by atoms with Gasteiger partial charge in [0.05, 0.1) is 13.2 Å². The lowest BCUT2D eigenvalue weighted by atomic mass is 9.55. The molecule has 3 aliphatic heterocycles. The lowest BCUT2D eigenvalue weighted by molar-refractivity contribution is -0.153. The second kappa shape index (κ2) is 8.58. The van der Waals surface area contributed by atoms with Crippen molar-refractivity contribution in [2.75, 3.05) is 19.7 Å². The summed E-state index contributed by atoms with van der Waals surface area (Å²) in [4.78, 5) is 2.56. The highest BCUT2D eigenvalue weighted by Crippen LogP contribution is 2.57. The Kier molecular flexibility index (Phi) is 5.66. The van der Waals surface area contributed by atoms with Gasteiger partial charge < -0.3 is 9.84 Å². The second-order valence-corrected chi connectivity index (χ2v) is 9.12. The molecule has 1 atom stereocenters. The zero-order chi connectivity index (χ0) is 21.2. The number of hydrogen-bond acceptors (Lipinski definition) is 3. The lowest BCUT2D eigenvalue weighted by Gasteiger charge is -2.59. The van der Waals surface area contributed by atoms with E-state index in [1.165, 1.54) is 5.56 Å². The van der Waals surface area contributed by atoms with Crippen LogP contribution in [0.2, 0.25) is 0 Å². The van der Waals surface area contributed by atoms with Gasteiger partial charge in [0.1, 0.15) is 5.60 Å². The Hall–Kier alpha value is -2.46. The highest BCUT2D eigenvalue weighted by atomic mass is 16.5. The summed E-state index contributed by atoms with van der Waals surface area (Å²) in [6, 6.07) is 31.3. The smallest absolute Gasteiger partial charge is 0.120 e. The third kappa shape index (κ3) is 3.71. The van der Waals surface area contributed by atoms with Gasteiger partial charge in [0, 0.05) is 11.5 Å². The minimum absolute atomic E-state index is 0.189. The molecular formula is C28H31NO2. The van der Waals surface area contributed by atoms with Crippen LogP contribution in [0.3, 0.4) is 0 Å². The molecule has 0 radical (unpaired) electrons. The first-order chi connectivity index (χ1) is 15.2. The zero-order valence-corrected chi connectivity index (χ0v) is 18.0. The predicted molar refractivity (Wildman–Crippen MR) is 124 cm³/mol. The van der Waals surface area contributed by atoms with Gasteiger partial charge in [-0.15, -0.1) is 0 Å². The molecule has 0 aromatic heterocycles. The maximum Gasteiger partial charge on any atom is 0.120 e. The van der Waals surface area contributed by atoms with Crippen LogP contribution in [0.1, 0.15) is 36.0 Å². The number of benzene rings is 3. The minimum atomic E-state index is -1.00. The Balaban J connectivity index is 1.42. The molecule has 1 unspecified atom stereocenters. The van der Waals surface area contributed by atoms with Crippen LogP contribution >= 0.6 is 0 Å². The Bertz CT molecular complexity index is 926. The summed E-state index contributed by atoms with van der Waals surface area (Å²) in [5.74, 6) is 0. The van der Waals surface area contributed by atoms with E-state index in [-0.39, 0.29) is 5.41 Å². The van der Waals surface area contributed by atoms with Gasteiger partial charge in [-0.25, -0.2) is 0 Å². The van der Waals surface area contributed by atoms with Crippen molar-refractivity contribution >= 4 is 0 Å². The molecular weight excluding hydrogens is 382 g/mol. The van der Waals surface area contributed by atoms with Gasteiger partial charge in [0.25, 0.3) is 0 Å². The Morgan fingerprint density at radius 2 is 1.32 bits per heavy atom. The van der Waals surface area contributed by atoms with E-state index in [2.05, 4.69) is 53.4 Å². The third-order valence-corrected chi connectivity index (χ3v) is 7.47. The molecule has 6 rings (SSSR count). The van der Waals surface area contributed by atoms with Crippen LogP contribution < -0.4 is 0 Å². The molecule has 3 aliphatic rings.